The fourth-order valence-electron chi connectivity index (χ4n) is 2.51. The first-order valence-electron chi connectivity index (χ1n) is 7.78. The van der Waals surface area contributed by atoms with Crippen LogP contribution in [0.25, 0.3) is 10.9 Å². The second kappa shape index (κ2) is 6.85. The van der Waals surface area contributed by atoms with Gasteiger partial charge in [-0.2, -0.15) is 0 Å². The van der Waals surface area contributed by atoms with E-state index in [1.54, 1.807) is 18.2 Å². The molecule has 0 unspecified atom stereocenters. The molecule has 7 heteroatoms. The molecule has 0 bridgehead atoms. The van der Waals surface area contributed by atoms with Crippen molar-refractivity contribution in [3.05, 3.63) is 60.5 Å². The monoisotopic (exact) mass is 361 g/mol. The van der Waals surface area contributed by atoms with Crippen LogP contribution in [0.2, 0.25) is 0 Å². The number of nitrogens with zero attached hydrogens (tertiary/aromatic N) is 2. The van der Waals surface area contributed by atoms with E-state index in [1.807, 2.05) is 25.1 Å². The zero-order chi connectivity index (χ0) is 18.0. The summed E-state index contributed by atoms with van der Waals surface area (Å²) >= 11 is 0. The molecule has 0 aliphatic rings. The SMILES string of the molecule is CN(C)CCOc1cccc2c1ccn2S(=O)(=O)c1ccc([18F])cc1. The summed E-state index contributed by atoms with van der Waals surface area (Å²) in [5.74, 6) is 0.153. The summed E-state index contributed by atoms with van der Waals surface area (Å²) < 4.78 is 45.7. The predicted octanol–water partition coefficient (Wildman–Crippen LogP) is 2.96. The first-order valence-corrected chi connectivity index (χ1v) is 9.22. The molecule has 3 rings (SSSR count). The first-order chi connectivity index (χ1) is 11.9. The van der Waals surface area contributed by atoms with Crippen molar-refractivity contribution >= 4 is 20.9 Å². The van der Waals surface area contributed by atoms with E-state index in [4.69, 9.17) is 4.74 Å². The highest BCUT2D eigenvalue weighted by Gasteiger charge is 2.20. The minimum atomic E-state index is -3.80. The molecule has 0 spiro atoms. The lowest BCUT2D eigenvalue weighted by molar-refractivity contribution is 0.263. The van der Waals surface area contributed by atoms with E-state index >= 15 is 0 Å². The highest BCUT2D eigenvalue weighted by molar-refractivity contribution is 7.90. The Morgan fingerprint density at radius 2 is 1.80 bits per heavy atom. The van der Waals surface area contributed by atoms with Gasteiger partial charge in [-0.05, 0) is 56.6 Å². The molecule has 1 aromatic heterocycles. The first kappa shape index (κ1) is 17.4. The van der Waals surface area contributed by atoms with Gasteiger partial charge < -0.3 is 9.64 Å². The van der Waals surface area contributed by atoms with E-state index in [9.17, 15) is 12.8 Å². The Kier molecular flexibility index (Phi) is 4.78. The van der Waals surface area contributed by atoms with E-state index in [2.05, 4.69) is 0 Å². The molecule has 0 fully saturated rings. The summed E-state index contributed by atoms with van der Waals surface area (Å²) in [4.78, 5) is 2.04. The Labute approximate surface area is 146 Å². The van der Waals surface area contributed by atoms with Crippen LogP contribution in [0.15, 0.2) is 59.6 Å². The van der Waals surface area contributed by atoms with E-state index in [-0.39, 0.29) is 4.90 Å². The van der Waals surface area contributed by atoms with Crippen molar-refractivity contribution in [1.29, 1.82) is 0 Å². The van der Waals surface area contributed by atoms with Crippen molar-refractivity contribution in [2.24, 2.45) is 0 Å². The Bertz CT molecular complexity index is 979. The number of hydrogen-bond acceptors (Lipinski definition) is 4. The van der Waals surface area contributed by atoms with Gasteiger partial charge in [-0.15, -0.1) is 0 Å². The van der Waals surface area contributed by atoms with Crippen molar-refractivity contribution in [2.75, 3.05) is 27.2 Å². The fourth-order valence-corrected chi connectivity index (χ4v) is 3.85. The van der Waals surface area contributed by atoms with Gasteiger partial charge in [0.2, 0.25) is 0 Å². The van der Waals surface area contributed by atoms with Crippen molar-refractivity contribution < 1.29 is 17.5 Å². The number of benzene rings is 2. The highest BCUT2D eigenvalue weighted by atomic mass is 32.2. The molecule has 25 heavy (non-hydrogen) atoms. The topological polar surface area (TPSA) is 51.5 Å². The van der Waals surface area contributed by atoms with E-state index in [1.165, 1.54) is 22.3 Å². The largest absolute Gasteiger partial charge is 0.492 e. The van der Waals surface area contributed by atoms with Crippen LogP contribution in [0.5, 0.6) is 5.75 Å². The highest BCUT2D eigenvalue weighted by Crippen LogP contribution is 2.29. The number of rotatable bonds is 6. The van der Waals surface area contributed by atoms with Gasteiger partial charge in [-0.3, -0.25) is 0 Å². The Morgan fingerprint density at radius 3 is 2.48 bits per heavy atom. The minimum absolute atomic E-state index is 0.0327. The summed E-state index contributed by atoms with van der Waals surface area (Å²) in [7, 11) is 0.105. The van der Waals surface area contributed by atoms with Gasteiger partial charge in [0.15, 0.2) is 0 Å². The zero-order valence-electron chi connectivity index (χ0n) is 14.0. The number of aromatic nitrogens is 1. The lowest BCUT2D eigenvalue weighted by Crippen LogP contribution is -2.19. The molecule has 0 aliphatic carbocycles. The molecule has 1 heterocycles. The van der Waals surface area contributed by atoms with Crippen LogP contribution in [-0.4, -0.2) is 44.5 Å². The molecule has 0 amide bonds. The Hall–Kier alpha value is -2.38. The molecule has 0 saturated heterocycles. The quantitative estimate of drug-likeness (QED) is 0.677. The second-order valence-electron chi connectivity index (χ2n) is 5.91. The number of hydrogen-bond donors (Lipinski definition) is 0. The molecule has 0 aliphatic heterocycles. The standard InChI is InChI=1S/C18H19FN2O3S/c1-20(2)12-13-24-18-5-3-4-17-16(18)10-11-21(17)25(22,23)15-8-6-14(19)7-9-15/h3-11H,12-13H2,1-2H3/i19-1. The maximum atomic E-state index is 13.1. The van der Waals surface area contributed by atoms with Gasteiger partial charge in [-0.1, -0.05) is 6.07 Å². The van der Waals surface area contributed by atoms with Crippen molar-refractivity contribution in [3.8, 4) is 5.75 Å². The van der Waals surface area contributed by atoms with E-state index in [0.717, 1.165) is 18.7 Å². The van der Waals surface area contributed by atoms with E-state index < -0.39 is 15.8 Å². The number of fused-ring (bicyclic) bond motifs is 1. The molecule has 3 aromatic rings. The molecule has 0 N–H and O–H groups in total. The zero-order valence-corrected chi connectivity index (χ0v) is 14.8. The Morgan fingerprint density at radius 1 is 1.08 bits per heavy atom. The van der Waals surface area contributed by atoms with Crippen LogP contribution in [0.1, 0.15) is 0 Å². The third-order valence-electron chi connectivity index (χ3n) is 3.82. The van der Waals surface area contributed by atoms with Crippen molar-refractivity contribution in [1.82, 2.24) is 8.87 Å². The van der Waals surface area contributed by atoms with Crippen LogP contribution < -0.4 is 4.74 Å². The summed E-state index contributed by atoms with van der Waals surface area (Å²) in [5.41, 5.74) is 0.520. The fraction of sp³-hybridized carbons (Fsp3) is 0.222. The van der Waals surface area contributed by atoms with Gasteiger partial charge in [0.25, 0.3) is 10.0 Å². The summed E-state index contributed by atoms with van der Waals surface area (Å²) in [5, 5.41) is 0.715. The predicted molar refractivity (Wildman–Crippen MR) is 95.0 cm³/mol. The van der Waals surface area contributed by atoms with Gasteiger partial charge in [-0.25, -0.2) is 16.8 Å². The van der Waals surface area contributed by atoms with Gasteiger partial charge >= 0.3 is 0 Å². The number of ether oxygens (including phenoxy) is 1. The molecular weight excluding hydrogens is 342 g/mol. The average Bonchev–Trinajstić information content (AvgIpc) is 3.00. The minimum Gasteiger partial charge on any atom is -0.492 e. The lowest BCUT2D eigenvalue weighted by atomic mass is 10.2. The number of halogens is 1. The van der Waals surface area contributed by atoms with Crippen LogP contribution in [0.3, 0.4) is 0 Å². The smallest absolute Gasteiger partial charge is 0.268 e. The Balaban J connectivity index is 1.99. The number of likely N-dealkylation sites (N-methyl/N-ethyl adjacent to an activating group) is 1. The average molecular weight is 361 g/mol. The third kappa shape index (κ3) is 3.52. The van der Waals surface area contributed by atoms with Crippen LogP contribution >= 0.6 is 0 Å². The summed E-state index contributed by atoms with van der Waals surface area (Å²) in [6.07, 6.45) is 1.49. The van der Waals surface area contributed by atoms with Gasteiger partial charge in [0, 0.05) is 18.1 Å². The molecule has 0 saturated carbocycles. The molecule has 132 valence electrons. The summed E-state index contributed by atoms with van der Waals surface area (Å²) in [6, 6.07) is 11.8. The van der Waals surface area contributed by atoms with E-state index in [0.29, 0.717) is 23.3 Å². The van der Waals surface area contributed by atoms with Gasteiger partial charge in [0.05, 0.1) is 10.4 Å². The van der Waals surface area contributed by atoms with Crippen LogP contribution in [-0.2, 0) is 10.0 Å². The normalized spacial score (nSPS) is 12.0. The molecule has 5 nitrogen and oxygen atoms in total. The molecule has 2 aromatic carbocycles. The van der Waals surface area contributed by atoms with Crippen LogP contribution in [0, 0.1) is 5.82 Å². The summed E-state index contributed by atoms with van der Waals surface area (Å²) in [6.45, 7) is 1.26. The van der Waals surface area contributed by atoms with Crippen LogP contribution in [0.4, 0.5) is 4.39 Å². The lowest BCUT2D eigenvalue weighted by Gasteiger charge is -2.12. The second-order valence-corrected chi connectivity index (χ2v) is 7.73. The third-order valence-corrected chi connectivity index (χ3v) is 5.53. The van der Waals surface area contributed by atoms with Crippen molar-refractivity contribution in [3.63, 3.8) is 0 Å². The molecule has 0 atom stereocenters. The van der Waals surface area contributed by atoms with Gasteiger partial charge in [0.1, 0.15) is 18.2 Å². The molecule has 0 radical (unpaired) electrons. The van der Waals surface area contributed by atoms with Crippen molar-refractivity contribution in [2.45, 2.75) is 4.90 Å². The maximum absolute atomic E-state index is 13.1. The molecular formula is C18H19FN2O3S. The maximum Gasteiger partial charge on any atom is 0.268 e.